The number of hydrogen-bond donors (Lipinski definition) is 1. The first-order chi connectivity index (χ1) is 17.5. The lowest BCUT2D eigenvalue weighted by atomic mass is 10.1. The molecule has 0 aliphatic carbocycles. The zero-order valence-corrected chi connectivity index (χ0v) is 22.1. The maximum atomic E-state index is 12.5. The van der Waals surface area contributed by atoms with Crippen LogP contribution in [0.4, 0.5) is 0 Å². The van der Waals surface area contributed by atoms with Crippen LogP contribution in [0.3, 0.4) is 0 Å². The molecule has 3 aromatic carbocycles. The highest BCUT2D eigenvalue weighted by Gasteiger charge is 2.13. The van der Waals surface area contributed by atoms with Crippen molar-refractivity contribution in [1.29, 1.82) is 0 Å². The number of methoxy groups -OCH3 is 1. The van der Waals surface area contributed by atoms with E-state index in [4.69, 9.17) is 14.2 Å². The van der Waals surface area contributed by atoms with Crippen molar-refractivity contribution in [3.05, 3.63) is 93.0 Å². The van der Waals surface area contributed by atoms with Gasteiger partial charge < -0.3 is 14.2 Å². The molecule has 0 radical (unpaired) electrons. The number of hydrogen-bond acceptors (Lipinski definition) is 6. The molecule has 0 spiro atoms. The Morgan fingerprint density at radius 1 is 1.08 bits per heavy atom. The molecule has 0 atom stereocenters. The van der Waals surface area contributed by atoms with Gasteiger partial charge in [-0.2, -0.15) is 5.10 Å². The number of benzene rings is 3. The molecule has 1 saturated heterocycles. The van der Waals surface area contributed by atoms with Crippen LogP contribution in [0.15, 0.2) is 70.2 Å². The third kappa shape index (κ3) is 7.16. The normalized spacial score (nSPS) is 14.1. The molecule has 1 fully saturated rings. The van der Waals surface area contributed by atoms with Gasteiger partial charge in [-0.05, 0) is 63.8 Å². The second-order valence-corrected chi connectivity index (χ2v) is 9.45. The largest absolute Gasteiger partial charge is 0.493 e. The fraction of sp³-hybridized carbons (Fsp3) is 0.286. The second-order valence-electron chi connectivity index (χ2n) is 8.59. The van der Waals surface area contributed by atoms with Crippen LogP contribution in [0.2, 0.25) is 0 Å². The van der Waals surface area contributed by atoms with Crippen molar-refractivity contribution in [1.82, 2.24) is 10.3 Å². The number of morpholine rings is 1. The number of aryl methyl sites for hydroxylation is 1. The number of ether oxygens (including phenoxy) is 3. The van der Waals surface area contributed by atoms with Crippen LogP contribution in [0.1, 0.15) is 32.6 Å². The van der Waals surface area contributed by atoms with E-state index < -0.39 is 0 Å². The molecule has 8 heteroatoms. The van der Waals surface area contributed by atoms with Crippen LogP contribution >= 0.6 is 15.9 Å². The summed E-state index contributed by atoms with van der Waals surface area (Å²) in [4.78, 5) is 14.9. The van der Waals surface area contributed by atoms with E-state index in [9.17, 15) is 4.79 Å². The summed E-state index contributed by atoms with van der Waals surface area (Å²) in [5.74, 6) is 0.907. The minimum absolute atomic E-state index is 0.270. The quantitative estimate of drug-likeness (QED) is 0.301. The molecule has 7 nitrogen and oxygen atoms in total. The average molecular weight is 552 g/mol. The fourth-order valence-corrected chi connectivity index (χ4v) is 4.38. The van der Waals surface area contributed by atoms with Gasteiger partial charge in [0.15, 0.2) is 11.5 Å². The van der Waals surface area contributed by atoms with Crippen molar-refractivity contribution in [3.63, 3.8) is 0 Å². The van der Waals surface area contributed by atoms with Crippen LogP contribution in [0.25, 0.3) is 0 Å². The number of rotatable bonds is 9. The summed E-state index contributed by atoms with van der Waals surface area (Å²) in [6, 6.07) is 19.5. The maximum Gasteiger partial charge on any atom is 0.271 e. The van der Waals surface area contributed by atoms with Crippen molar-refractivity contribution in [2.75, 3.05) is 33.4 Å². The smallest absolute Gasteiger partial charge is 0.271 e. The van der Waals surface area contributed by atoms with Crippen LogP contribution in [0, 0.1) is 6.92 Å². The first-order valence-corrected chi connectivity index (χ1v) is 12.6. The number of amides is 1. The Morgan fingerprint density at radius 3 is 2.47 bits per heavy atom. The first kappa shape index (κ1) is 25.9. The van der Waals surface area contributed by atoms with Crippen molar-refractivity contribution >= 4 is 28.1 Å². The highest BCUT2D eigenvalue weighted by Crippen LogP contribution is 2.36. The Labute approximate surface area is 220 Å². The monoisotopic (exact) mass is 551 g/mol. The number of nitrogens with one attached hydrogen (secondary N) is 1. The molecular weight excluding hydrogens is 522 g/mol. The Hall–Kier alpha value is -3.20. The molecule has 0 unspecified atom stereocenters. The van der Waals surface area contributed by atoms with Gasteiger partial charge in [0.05, 0.1) is 31.0 Å². The Balaban J connectivity index is 1.34. The lowest BCUT2D eigenvalue weighted by Gasteiger charge is -2.26. The third-order valence-corrected chi connectivity index (χ3v) is 6.45. The Morgan fingerprint density at radius 2 is 1.78 bits per heavy atom. The van der Waals surface area contributed by atoms with Crippen molar-refractivity contribution < 1.29 is 19.0 Å². The third-order valence-electron chi connectivity index (χ3n) is 5.86. The molecule has 1 aliphatic rings. The van der Waals surface area contributed by atoms with Gasteiger partial charge >= 0.3 is 0 Å². The topological polar surface area (TPSA) is 72.4 Å². The number of nitrogens with zero attached hydrogens (tertiary/aromatic N) is 2. The molecule has 1 aliphatic heterocycles. The molecule has 1 amide bonds. The fourth-order valence-electron chi connectivity index (χ4n) is 3.80. The Kier molecular flexibility index (Phi) is 9.11. The highest BCUT2D eigenvalue weighted by molar-refractivity contribution is 9.10. The van der Waals surface area contributed by atoms with Gasteiger partial charge in [0.2, 0.25) is 0 Å². The number of carbonyl (C=O) groups excluding carboxylic acids is 1. The van der Waals surface area contributed by atoms with Gasteiger partial charge in [-0.3, -0.25) is 9.69 Å². The highest BCUT2D eigenvalue weighted by atomic mass is 79.9. The van der Waals surface area contributed by atoms with E-state index in [1.54, 1.807) is 13.3 Å². The summed E-state index contributed by atoms with van der Waals surface area (Å²) in [5.41, 5.74) is 7.33. The number of carbonyl (C=O) groups is 1. The molecule has 4 rings (SSSR count). The minimum atomic E-state index is -0.270. The molecule has 36 heavy (non-hydrogen) atoms. The molecular formula is C28H30BrN3O4. The van der Waals surface area contributed by atoms with E-state index in [0.29, 0.717) is 23.7 Å². The standard InChI is InChI=1S/C28H30BrN3O4/c1-20-3-5-22(6-4-20)19-36-27-25(29)15-23(16-26(27)34-2)17-30-31-28(33)24-9-7-21(8-10-24)18-32-11-13-35-14-12-32/h3-10,15-17H,11-14,18-19H2,1-2H3,(H,31,33)/b30-17-. The average Bonchev–Trinajstić information content (AvgIpc) is 2.89. The van der Waals surface area contributed by atoms with Gasteiger partial charge in [-0.15, -0.1) is 0 Å². The summed E-state index contributed by atoms with van der Waals surface area (Å²) in [5, 5.41) is 4.12. The van der Waals surface area contributed by atoms with Crippen LogP contribution in [0.5, 0.6) is 11.5 Å². The maximum absolute atomic E-state index is 12.5. The zero-order chi connectivity index (χ0) is 25.3. The molecule has 1 N–H and O–H groups in total. The van der Waals surface area contributed by atoms with Gasteiger partial charge in [0.25, 0.3) is 5.91 Å². The summed E-state index contributed by atoms with van der Waals surface area (Å²) in [6.07, 6.45) is 1.57. The van der Waals surface area contributed by atoms with Crippen LogP contribution in [-0.2, 0) is 17.9 Å². The second kappa shape index (κ2) is 12.7. The molecule has 1 heterocycles. The summed E-state index contributed by atoms with van der Waals surface area (Å²) < 4.78 is 17.6. The van der Waals surface area contributed by atoms with E-state index >= 15 is 0 Å². The molecule has 0 bridgehead atoms. The van der Waals surface area contributed by atoms with Gasteiger partial charge in [0, 0.05) is 25.2 Å². The predicted molar refractivity (Wildman–Crippen MR) is 144 cm³/mol. The summed E-state index contributed by atoms with van der Waals surface area (Å²) >= 11 is 3.56. The number of halogens is 1. The lowest BCUT2D eigenvalue weighted by molar-refractivity contribution is 0.0342. The van der Waals surface area contributed by atoms with Crippen molar-refractivity contribution in [2.45, 2.75) is 20.1 Å². The van der Waals surface area contributed by atoms with E-state index in [1.165, 1.54) is 11.1 Å². The van der Waals surface area contributed by atoms with Crippen molar-refractivity contribution in [3.8, 4) is 11.5 Å². The van der Waals surface area contributed by atoms with Gasteiger partial charge in [0.1, 0.15) is 6.61 Å². The minimum Gasteiger partial charge on any atom is -0.493 e. The first-order valence-electron chi connectivity index (χ1n) is 11.8. The van der Waals surface area contributed by atoms with E-state index in [2.05, 4.69) is 50.4 Å². The van der Waals surface area contributed by atoms with E-state index in [0.717, 1.165) is 48.4 Å². The summed E-state index contributed by atoms with van der Waals surface area (Å²) in [6.45, 7) is 6.72. The Bertz CT molecular complexity index is 1190. The van der Waals surface area contributed by atoms with Gasteiger partial charge in [-0.25, -0.2) is 5.43 Å². The SMILES string of the molecule is COc1cc(/C=N\NC(=O)c2ccc(CN3CCOCC3)cc2)cc(Br)c1OCc1ccc(C)cc1. The zero-order valence-electron chi connectivity index (χ0n) is 20.5. The number of hydrazone groups is 1. The van der Waals surface area contributed by atoms with Crippen LogP contribution < -0.4 is 14.9 Å². The summed E-state index contributed by atoms with van der Waals surface area (Å²) in [7, 11) is 1.59. The van der Waals surface area contributed by atoms with E-state index in [1.807, 2.05) is 48.5 Å². The van der Waals surface area contributed by atoms with E-state index in [-0.39, 0.29) is 5.91 Å². The lowest BCUT2D eigenvalue weighted by Crippen LogP contribution is -2.35. The molecule has 0 saturated carbocycles. The van der Waals surface area contributed by atoms with Crippen molar-refractivity contribution in [2.24, 2.45) is 5.10 Å². The molecule has 188 valence electrons. The molecule has 3 aromatic rings. The van der Waals surface area contributed by atoms with Gasteiger partial charge in [-0.1, -0.05) is 42.0 Å². The predicted octanol–water partition coefficient (Wildman–Crippen LogP) is 4.94. The molecule has 0 aromatic heterocycles. The van der Waals surface area contributed by atoms with Crippen LogP contribution in [-0.4, -0.2) is 50.4 Å².